The first kappa shape index (κ1) is 9.57. The van der Waals surface area contributed by atoms with E-state index in [0.29, 0.717) is 0 Å². The molecule has 0 bridgehead atoms. The van der Waals surface area contributed by atoms with Crippen LogP contribution in [0.25, 0.3) is 0 Å². The Morgan fingerprint density at radius 2 is 0.833 bits per heavy atom. The van der Waals surface area contributed by atoms with E-state index >= 15 is 0 Å². The second-order valence-corrected chi connectivity index (χ2v) is 3.51. The predicted molar refractivity (Wildman–Crippen MR) is 55.2 cm³/mol. The topological polar surface area (TPSA) is 0 Å². The molecule has 0 N–H and O–H groups in total. The first-order chi connectivity index (χ1) is 6.00. The Balaban J connectivity index is 2.19. The van der Waals surface area contributed by atoms with Gasteiger partial charge in [-0.3, -0.25) is 0 Å². The highest BCUT2D eigenvalue weighted by atomic mass is 13.9. The SMILES string of the molecule is C1=C\CCCCCC/C=C/CC/1. The monoisotopic (exact) mass is 164 g/mol. The van der Waals surface area contributed by atoms with Crippen LogP contribution in [0, 0.1) is 0 Å². The van der Waals surface area contributed by atoms with Crippen molar-refractivity contribution in [2.75, 3.05) is 0 Å². The quantitative estimate of drug-likeness (QED) is 0.470. The highest BCUT2D eigenvalue weighted by Crippen LogP contribution is 2.08. The highest BCUT2D eigenvalue weighted by molar-refractivity contribution is 4.88. The molecule has 0 heterocycles. The van der Waals surface area contributed by atoms with Crippen molar-refractivity contribution in [2.24, 2.45) is 0 Å². The van der Waals surface area contributed by atoms with Crippen LogP contribution in [-0.4, -0.2) is 0 Å². The maximum absolute atomic E-state index is 2.34. The molecule has 0 unspecified atom stereocenters. The Hall–Kier alpha value is -0.520. The van der Waals surface area contributed by atoms with Crippen molar-refractivity contribution >= 4 is 0 Å². The molecule has 0 amide bonds. The van der Waals surface area contributed by atoms with E-state index in [1.165, 1.54) is 51.4 Å². The zero-order chi connectivity index (χ0) is 8.49. The molecule has 0 aliphatic heterocycles. The van der Waals surface area contributed by atoms with Gasteiger partial charge in [0, 0.05) is 0 Å². The molecule has 1 rings (SSSR count). The van der Waals surface area contributed by atoms with Gasteiger partial charge in [0.25, 0.3) is 0 Å². The second-order valence-electron chi connectivity index (χ2n) is 3.51. The van der Waals surface area contributed by atoms with Crippen LogP contribution in [-0.2, 0) is 0 Å². The summed E-state index contributed by atoms with van der Waals surface area (Å²) in [5, 5.41) is 0. The summed E-state index contributed by atoms with van der Waals surface area (Å²) in [4.78, 5) is 0. The molecule has 0 spiro atoms. The molecule has 0 fully saturated rings. The zero-order valence-corrected chi connectivity index (χ0v) is 7.97. The van der Waals surface area contributed by atoms with E-state index in [2.05, 4.69) is 24.3 Å². The van der Waals surface area contributed by atoms with Gasteiger partial charge in [-0.2, -0.15) is 0 Å². The third-order valence-corrected chi connectivity index (χ3v) is 2.32. The van der Waals surface area contributed by atoms with Crippen LogP contribution in [0.3, 0.4) is 0 Å². The fourth-order valence-electron chi connectivity index (χ4n) is 1.54. The van der Waals surface area contributed by atoms with E-state index in [4.69, 9.17) is 0 Å². The lowest BCUT2D eigenvalue weighted by Gasteiger charge is -1.98. The normalized spacial score (nSPS) is 26.7. The first-order valence-corrected chi connectivity index (χ1v) is 5.30. The molecular formula is C12H20. The molecule has 0 aromatic carbocycles. The summed E-state index contributed by atoms with van der Waals surface area (Å²) in [6.07, 6.45) is 20.0. The largest absolute Gasteiger partial charge is 0.0885 e. The average molecular weight is 164 g/mol. The maximum atomic E-state index is 2.34. The summed E-state index contributed by atoms with van der Waals surface area (Å²) >= 11 is 0. The highest BCUT2D eigenvalue weighted by Gasteiger charge is 1.88. The van der Waals surface area contributed by atoms with Crippen molar-refractivity contribution in [2.45, 2.75) is 51.4 Å². The predicted octanol–water partition coefficient (Wildman–Crippen LogP) is 4.23. The van der Waals surface area contributed by atoms with Gasteiger partial charge >= 0.3 is 0 Å². The Morgan fingerprint density at radius 3 is 1.33 bits per heavy atom. The van der Waals surface area contributed by atoms with E-state index in [0.717, 1.165) is 0 Å². The van der Waals surface area contributed by atoms with E-state index in [1.807, 2.05) is 0 Å². The first-order valence-electron chi connectivity index (χ1n) is 5.30. The van der Waals surface area contributed by atoms with E-state index in [-0.39, 0.29) is 0 Å². The van der Waals surface area contributed by atoms with Crippen LogP contribution < -0.4 is 0 Å². The third kappa shape index (κ3) is 5.17. The Bertz CT molecular complexity index is 124. The summed E-state index contributed by atoms with van der Waals surface area (Å²) in [7, 11) is 0. The lowest BCUT2D eigenvalue weighted by atomic mass is 10.1. The van der Waals surface area contributed by atoms with Gasteiger partial charge in [0.1, 0.15) is 0 Å². The Labute approximate surface area is 76.4 Å². The molecule has 68 valence electrons. The number of allylic oxidation sites excluding steroid dienone is 4. The average Bonchev–Trinajstić information content (AvgIpc) is 2.05. The number of rotatable bonds is 0. The third-order valence-electron chi connectivity index (χ3n) is 2.32. The fraction of sp³-hybridized carbons (Fsp3) is 0.667. The molecule has 0 saturated carbocycles. The minimum atomic E-state index is 1.23. The molecule has 0 aromatic heterocycles. The Kier molecular flexibility index (Phi) is 5.70. The minimum absolute atomic E-state index is 1.23. The minimum Gasteiger partial charge on any atom is -0.0885 e. The van der Waals surface area contributed by atoms with E-state index < -0.39 is 0 Å². The van der Waals surface area contributed by atoms with Crippen molar-refractivity contribution in [3.8, 4) is 0 Å². The van der Waals surface area contributed by atoms with Gasteiger partial charge in [-0.05, 0) is 38.5 Å². The van der Waals surface area contributed by atoms with Crippen LogP contribution in [0.1, 0.15) is 51.4 Å². The molecule has 0 nitrogen and oxygen atoms in total. The molecule has 1 aliphatic carbocycles. The standard InChI is InChI=1S/C12H20/c1-2-4-6-8-10-12-11-9-7-5-3-1/h1-2,7,9H,3-6,8,10-12H2/b2-1-,9-7+. The van der Waals surface area contributed by atoms with Crippen molar-refractivity contribution in [3.63, 3.8) is 0 Å². The summed E-state index contributed by atoms with van der Waals surface area (Å²) in [5.74, 6) is 0. The molecule has 0 atom stereocenters. The lowest BCUT2D eigenvalue weighted by Crippen LogP contribution is -1.78. The van der Waals surface area contributed by atoms with Gasteiger partial charge in [-0.1, -0.05) is 37.1 Å². The van der Waals surface area contributed by atoms with Crippen molar-refractivity contribution < 1.29 is 0 Å². The number of hydrogen-bond acceptors (Lipinski definition) is 0. The van der Waals surface area contributed by atoms with Crippen LogP contribution in [0.4, 0.5) is 0 Å². The molecule has 12 heavy (non-hydrogen) atoms. The molecular weight excluding hydrogens is 144 g/mol. The molecule has 1 aliphatic rings. The van der Waals surface area contributed by atoms with Crippen LogP contribution >= 0.6 is 0 Å². The molecule has 0 aromatic rings. The molecule has 0 radical (unpaired) electrons. The van der Waals surface area contributed by atoms with Crippen molar-refractivity contribution in [3.05, 3.63) is 24.3 Å². The van der Waals surface area contributed by atoms with Crippen molar-refractivity contribution in [1.82, 2.24) is 0 Å². The zero-order valence-electron chi connectivity index (χ0n) is 7.97. The second kappa shape index (κ2) is 7.15. The molecule has 0 saturated heterocycles. The van der Waals surface area contributed by atoms with Crippen molar-refractivity contribution in [1.29, 1.82) is 0 Å². The summed E-state index contributed by atoms with van der Waals surface area (Å²) in [6, 6.07) is 0. The van der Waals surface area contributed by atoms with Gasteiger partial charge < -0.3 is 0 Å². The lowest BCUT2D eigenvalue weighted by molar-refractivity contribution is 0.650. The van der Waals surface area contributed by atoms with E-state index in [1.54, 1.807) is 0 Å². The van der Waals surface area contributed by atoms with Gasteiger partial charge in [-0.25, -0.2) is 0 Å². The van der Waals surface area contributed by atoms with Gasteiger partial charge in [-0.15, -0.1) is 0 Å². The maximum Gasteiger partial charge on any atom is -0.0316 e. The smallest absolute Gasteiger partial charge is 0.0316 e. The molecule has 0 heteroatoms. The van der Waals surface area contributed by atoms with Gasteiger partial charge in [0.05, 0.1) is 0 Å². The summed E-state index contributed by atoms with van der Waals surface area (Å²) in [5.41, 5.74) is 0. The van der Waals surface area contributed by atoms with Crippen LogP contribution in [0.5, 0.6) is 0 Å². The van der Waals surface area contributed by atoms with E-state index in [9.17, 15) is 0 Å². The Morgan fingerprint density at radius 1 is 0.417 bits per heavy atom. The fourth-order valence-corrected chi connectivity index (χ4v) is 1.54. The van der Waals surface area contributed by atoms with Crippen LogP contribution in [0.2, 0.25) is 0 Å². The van der Waals surface area contributed by atoms with Crippen LogP contribution in [0.15, 0.2) is 24.3 Å². The summed E-state index contributed by atoms with van der Waals surface area (Å²) in [6.45, 7) is 0. The van der Waals surface area contributed by atoms with Gasteiger partial charge in [0.15, 0.2) is 0 Å². The summed E-state index contributed by atoms with van der Waals surface area (Å²) < 4.78 is 0. The number of hydrogen-bond donors (Lipinski definition) is 0. The van der Waals surface area contributed by atoms with Gasteiger partial charge in [0.2, 0.25) is 0 Å².